The van der Waals surface area contributed by atoms with Gasteiger partial charge in [-0.2, -0.15) is 9.97 Å². The van der Waals surface area contributed by atoms with Crippen LogP contribution in [0.25, 0.3) is 11.2 Å². The Hall–Kier alpha value is -2.14. The minimum absolute atomic E-state index is 0.335. The van der Waals surface area contributed by atoms with E-state index in [0.717, 1.165) is 27.0 Å². The summed E-state index contributed by atoms with van der Waals surface area (Å²) < 4.78 is 3.08. The van der Waals surface area contributed by atoms with Crippen molar-refractivity contribution < 1.29 is 5.11 Å². The third-order valence-corrected chi connectivity index (χ3v) is 4.71. The van der Waals surface area contributed by atoms with Gasteiger partial charge in [0.05, 0.1) is 11.9 Å². The second kappa shape index (κ2) is 7.85. The Bertz CT molecular complexity index is 949. The Kier molecular flexibility index (Phi) is 5.70. The first-order chi connectivity index (χ1) is 12.8. The van der Waals surface area contributed by atoms with Gasteiger partial charge in [-0.05, 0) is 67.1 Å². The average Bonchev–Trinajstić information content (AvgIpc) is 3.03. The fraction of sp³-hybridized carbons (Fsp3) is 0.389. The van der Waals surface area contributed by atoms with Gasteiger partial charge in [0.1, 0.15) is 0 Å². The minimum Gasteiger partial charge on any atom is -0.398 e. The van der Waals surface area contributed by atoms with Crippen LogP contribution in [0.2, 0.25) is 0 Å². The summed E-state index contributed by atoms with van der Waals surface area (Å²) in [6.45, 7) is 7.11. The number of hydrogen-bond acceptors (Lipinski definition) is 7. The molecule has 3 aromatic rings. The number of aliphatic hydroxyl groups is 1. The minimum atomic E-state index is -0.869. The Balaban J connectivity index is 1.92. The lowest BCUT2D eigenvalue weighted by Gasteiger charge is -2.18. The van der Waals surface area contributed by atoms with Gasteiger partial charge < -0.3 is 26.0 Å². The molecule has 2 heterocycles. The summed E-state index contributed by atoms with van der Waals surface area (Å²) in [5.41, 5.74) is 8.38. The highest BCUT2D eigenvalue weighted by atomic mass is 127. The number of imidazole rings is 1. The van der Waals surface area contributed by atoms with E-state index in [1.807, 2.05) is 29.7 Å². The molecule has 5 N–H and O–H groups in total. The third-order valence-electron chi connectivity index (χ3n) is 4.03. The van der Waals surface area contributed by atoms with E-state index in [1.54, 1.807) is 20.2 Å². The maximum absolute atomic E-state index is 9.97. The van der Waals surface area contributed by atoms with Crippen molar-refractivity contribution in [1.29, 1.82) is 0 Å². The van der Waals surface area contributed by atoms with Gasteiger partial charge in [-0.1, -0.05) is 0 Å². The number of aromatic nitrogens is 4. The molecule has 9 heteroatoms. The van der Waals surface area contributed by atoms with Crippen molar-refractivity contribution in [3.63, 3.8) is 0 Å². The summed E-state index contributed by atoms with van der Waals surface area (Å²) in [5.74, 6) is 1.07. The molecule has 1 aromatic carbocycles. The molecular formula is C18H24IN7O. The molecule has 0 bridgehead atoms. The molecule has 8 nitrogen and oxygen atoms in total. The summed E-state index contributed by atoms with van der Waals surface area (Å²) in [5, 5.41) is 16.4. The Morgan fingerprint density at radius 1 is 1.26 bits per heavy atom. The highest BCUT2D eigenvalue weighted by Gasteiger charge is 2.16. The van der Waals surface area contributed by atoms with Gasteiger partial charge in [-0.15, -0.1) is 0 Å². The average molecular weight is 481 g/mol. The number of rotatable bonds is 7. The second-order valence-corrected chi connectivity index (χ2v) is 8.21. The Morgan fingerprint density at radius 2 is 2.04 bits per heavy atom. The number of aryl methyl sites for hydroxylation is 1. The van der Waals surface area contributed by atoms with Gasteiger partial charge >= 0.3 is 0 Å². The van der Waals surface area contributed by atoms with Crippen LogP contribution in [0.5, 0.6) is 0 Å². The van der Waals surface area contributed by atoms with Crippen molar-refractivity contribution in [3.8, 4) is 0 Å². The topological polar surface area (TPSA) is 114 Å². The lowest BCUT2D eigenvalue weighted by Crippen LogP contribution is -2.30. The largest absolute Gasteiger partial charge is 0.398 e. The van der Waals surface area contributed by atoms with Crippen LogP contribution in [-0.2, 0) is 13.1 Å². The van der Waals surface area contributed by atoms with E-state index < -0.39 is 5.60 Å². The number of nitrogen functional groups attached to an aromatic ring is 1. The van der Waals surface area contributed by atoms with E-state index in [2.05, 4.69) is 48.2 Å². The van der Waals surface area contributed by atoms with Crippen LogP contribution in [0.4, 0.5) is 17.5 Å². The van der Waals surface area contributed by atoms with E-state index >= 15 is 0 Å². The molecule has 0 saturated carbocycles. The molecule has 27 heavy (non-hydrogen) atoms. The number of fused-ring (bicyclic) bond motifs is 1. The number of benzene rings is 1. The van der Waals surface area contributed by atoms with Gasteiger partial charge in [-0.25, -0.2) is 4.98 Å². The van der Waals surface area contributed by atoms with Crippen LogP contribution in [0.3, 0.4) is 0 Å². The quantitative estimate of drug-likeness (QED) is 0.303. The molecule has 0 aliphatic rings. The lowest BCUT2D eigenvalue weighted by atomic mass is 10.1. The molecule has 0 unspecified atom stereocenters. The van der Waals surface area contributed by atoms with Crippen LogP contribution < -0.4 is 16.4 Å². The molecule has 144 valence electrons. The van der Waals surface area contributed by atoms with E-state index in [4.69, 9.17) is 5.73 Å². The maximum atomic E-state index is 9.97. The van der Waals surface area contributed by atoms with Crippen molar-refractivity contribution in [2.75, 3.05) is 22.9 Å². The molecular weight excluding hydrogens is 457 g/mol. The summed E-state index contributed by atoms with van der Waals surface area (Å²) in [7, 11) is 0. The van der Waals surface area contributed by atoms with Crippen LogP contribution >= 0.6 is 22.6 Å². The van der Waals surface area contributed by atoms with Gasteiger partial charge in [0.2, 0.25) is 5.95 Å². The number of nitrogens with two attached hydrogens (primary N) is 1. The van der Waals surface area contributed by atoms with E-state index in [-0.39, 0.29) is 0 Å². The Labute approximate surface area is 171 Å². The fourth-order valence-corrected chi connectivity index (χ4v) is 3.14. The molecule has 2 aromatic heterocycles. The summed E-state index contributed by atoms with van der Waals surface area (Å²) >= 11 is 2.26. The number of nitrogens with one attached hydrogen (secondary N) is 2. The molecule has 0 radical (unpaired) electrons. The zero-order valence-corrected chi connectivity index (χ0v) is 17.8. The summed E-state index contributed by atoms with van der Waals surface area (Å²) in [4.78, 5) is 13.6. The monoisotopic (exact) mass is 481 g/mol. The Morgan fingerprint density at radius 3 is 2.74 bits per heavy atom. The number of hydrogen-bond donors (Lipinski definition) is 4. The van der Waals surface area contributed by atoms with Gasteiger partial charge in [0.25, 0.3) is 0 Å². The van der Waals surface area contributed by atoms with Crippen LogP contribution in [0, 0.1) is 3.57 Å². The van der Waals surface area contributed by atoms with Gasteiger partial charge in [0, 0.05) is 28.9 Å². The lowest BCUT2D eigenvalue weighted by molar-refractivity contribution is 0.0943. The second-order valence-electron chi connectivity index (χ2n) is 6.96. The van der Waals surface area contributed by atoms with Crippen LogP contribution in [-0.4, -0.2) is 36.8 Å². The molecule has 0 fully saturated rings. The number of anilines is 3. The SMILES string of the molecule is CCn1cnc2c(NCc3cc(I)ccc3N)nc(NCC(C)(C)O)nc21. The molecule has 0 aliphatic heterocycles. The highest BCUT2D eigenvalue weighted by molar-refractivity contribution is 14.1. The van der Waals surface area contributed by atoms with Crippen molar-refractivity contribution in [1.82, 2.24) is 19.5 Å². The van der Waals surface area contributed by atoms with Crippen molar-refractivity contribution >= 4 is 51.2 Å². The summed E-state index contributed by atoms with van der Waals surface area (Å²) in [6.07, 6.45) is 1.75. The first-order valence-corrected chi connectivity index (χ1v) is 9.81. The maximum Gasteiger partial charge on any atom is 0.226 e. The fourth-order valence-electron chi connectivity index (χ4n) is 2.58. The molecule has 3 rings (SSSR count). The van der Waals surface area contributed by atoms with Gasteiger partial charge in [-0.3, -0.25) is 0 Å². The van der Waals surface area contributed by atoms with E-state index in [1.165, 1.54) is 0 Å². The molecule has 0 atom stereocenters. The number of halogens is 1. The summed E-state index contributed by atoms with van der Waals surface area (Å²) in [6, 6.07) is 5.92. The molecule has 0 amide bonds. The van der Waals surface area contributed by atoms with Crippen LogP contribution in [0.1, 0.15) is 26.3 Å². The zero-order valence-electron chi connectivity index (χ0n) is 15.6. The molecule has 0 spiro atoms. The first kappa shape index (κ1) is 19.6. The predicted octanol–water partition coefficient (Wildman–Crippen LogP) is 2.83. The van der Waals surface area contributed by atoms with E-state index in [9.17, 15) is 5.11 Å². The van der Waals surface area contributed by atoms with Crippen LogP contribution in [0.15, 0.2) is 24.5 Å². The predicted molar refractivity (Wildman–Crippen MR) is 117 cm³/mol. The highest BCUT2D eigenvalue weighted by Crippen LogP contribution is 2.23. The molecule has 0 aliphatic carbocycles. The number of nitrogens with zero attached hydrogens (tertiary/aromatic N) is 4. The van der Waals surface area contributed by atoms with E-state index in [0.29, 0.717) is 30.4 Å². The molecule has 0 saturated heterocycles. The third kappa shape index (κ3) is 4.78. The standard InChI is InChI=1S/C18H24IN7O/c1-4-26-10-23-14-15(21-8-11-7-12(19)5-6-13(11)20)24-17(25-16(14)26)22-9-18(2,3)27/h5-7,10,27H,4,8-9,20H2,1-3H3,(H2,21,22,24,25). The zero-order chi connectivity index (χ0) is 19.6. The normalized spacial score (nSPS) is 11.7. The van der Waals surface area contributed by atoms with Crippen molar-refractivity contribution in [2.24, 2.45) is 0 Å². The van der Waals surface area contributed by atoms with Crippen molar-refractivity contribution in [2.45, 2.75) is 39.5 Å². The van der Waals surface area contributed by atoms with Crippen molar-refractivity contribution in [3.05, 3.63) is 33.7 Å². The first-order valence-electron chi connectivity index (χ1n) is 8.73. The van der Waals surface area contributed by atoms with Gasteiger partial charge in [0.15, 0.2) is 17.0 Å². The smallest absolute Gasteiger partial charge is 0.226 e.